The van der Waals surface area contributed by atoms with Gasteiger partial charge < -0.3 is 26.2 Å². The molecule has 0 radical (unpaired) electrons. The Hall–Kier alpha value is -1.83. The Morgan fingerprint density at radius 1 is 1.42 bits per heavy atom. The van der Waals surface area contributed by atoms with Gasteiger partial charge in [0, 0.05) is 12.6 Å². The number of aliphatic hydroxyl groups is 1. The second kappa shape index (κ2) is 6.37. The molecule has 8 nitrogen and oxygen atoms in total. The number of likely N-dealkylation sites (tertiary alicyclic amines) is 1. The van der Waals surface area contributed by atoms with Crippen LogP contribution in [0.5, 0.6) is 0 Å². The van der Waals surface area contributed by atoms with Gasteiger partial charge in [-0.25, -0.2) is 9.59 Å². The van der Waals surface area contributed by atoms with Crippen LogP contribution >= 0.6 is 0 Å². The van der Waals surface area contributed by atoms with Crippen molar-refractivity contribution in [3.63, 3.8) is 0 Å². The van der Waals surface area contributed by atoms with Crippen molar-refractivity contribution in [1.29, 1.82) is 0 Å². The van der Waals surface area contributed by atoms with Crippen molar-refractivity contribution in [2.45, 2.75) is 31.8 Å². The molecule has 0 spiro atoms. The van der Waals surface area contributed by atoms with E-state index in [1.165, 1.54) is 4.90 Å². The average molecular weight is 273 g/mol. The van der Waals surface area contributed by atoms with Gasteiger partial charge in [0.15, 0.2) is 6.04 Å². The number of nitrogens with zero attached hydrogens (tertiary/aromatic N) is 1. The number of nitrogens with one attached hydrogen (secondary N) is 1. The summed E-state index contributed by atoms with van der Waals surface area (Å²) in [7, 11) is 0. The molecule has 0 aromatic heterocycles. The van der Waals surface area contributed by atoms with Crippen molar-refractivity contribution in [1.82, 2.24) is 10.2 Å². The summed E-state index contributed by atoms with van der Waals surface area (Å²) in [5.74, 6) is -2.20. The smallest absolute Gasteiger partial charge is 0.328 e. The highest BCUT2D eigenvalue weighted by Crippen LogP contribution is 2.21. The minimum atomic E-state index is -1.35. The third-order valence-corrected chi connectivity index (χ3v) is 3.32. The minimum absolute atomic E-state index is 0.108. The number of carbonyl (C=O) groups is 3. The molecule has 1 heterocycles. The Morgan fingerprint density at radius 3 is 2.53 bits per heavy atom. The number of hydrogen-bond acceptors (Lipinski definition) is 4. The zero-order chi connectivity index (χ0) is 14.6. The summed E-state index contributed by atoms with van der Waals surface area (Å²) in [6, 6.07) is -2.07. The lowest BCUT2D eigenvalue weighted by Crippen LogP contribution is -2.55. The number of aliphatic carboxylic acids is 1. The fourth-order valence-corrected chi connectivity index (χ4v) is 2.04. The summed E-state index contributed by atoms with van der Waals surface area (Å²) < 4.78 is 0. The Kier molecular flexibility index (Phi) is 5.11. The van der Waals surface area contributed by atoms with Gasteiger partial charge in [0.2, 0.25) is 5.91 Å². The summed E-state index contributed by atoms with van der Waals surface area (Å²) in [5.41, 5.74) is 5.22. The van der Waals surface area contributed by atoms with E-state index in [1.54, 1.807) is 0 Å². The first-order chi connectivity index (χ1) is 8.86. The number of carboxylic acids is 1. The summed E-state index contributed by atoms with van der Waals surface area (Å²) in [6.07, 6.45) is 1.24. The molecule has 0 aromatic carbocycles. The molecule has 0 aromatic rings. The summed E-state index contributed by atoms with van der Waals surface area (Å²) in [5, 5.41) is 19.8. The quantitative estimate of drug-likeness (QED) is 0.506. The molecule has 1 aliphatic rings. The Labute approximate surface area is 110 Å². The fraction of sp³-hybridized carbons (Fsp3) is 0.727. The molecule has 0 saturated carbocycles. The molecule has 0 bridgehead atoms. The molecule has 108 valence electrons. The Morgan fingerprint density at radius 2 is 2.05 bits per heavy atom. The minimum Gasteiger partial charge on any atom is -0.480 e. The zero-order valence-corrected chi connectivity index (χ0v) is 10.7. The molecule has 19 heavy (non-hydrogen) atoms. The molecule has 5 N–H and O–H groups in total. The van der Waals surface area contributed by atoms with E-state index in [0.29, 0.717) is 12.8 Å². The maximum atomic E-state index is 11.9. The number of carboxylic acid groups (broad SMARTS) is 1. The number of piperidine rings is 1. The second-order valence-corrected chi connectivity index (χ2v) is 4.70. The number of carbonyl (C=O) groups excluding carboxylic acids is 2. The first kappa shape index (κ1) is 15.2. The van der Waals surface area contributed by atoms with Gasteiger partial charge in [-0.1, -0.05) is 0 Å². The Bertz CT molecular complexity index is 373. The van der Waals surface area contributed by atoms with Crippen LogP contribution in [0.2, 0.25) is 0 Å². The maximum Gasteiger partial charge on any atom is 0.328 e. The number of hydrogen-bond donors (Lipinski definition) is 4. The fourth-order valence-electron chi connectivity index (χ4n) is 2.04. The maximum absolute atomic E-state index is 11.9. The van der Waals surface area contributed by atoms with Gasteiger partial charge in [0.25, 0.3) is 0 Å². The molecule has 3 amide bonds. The van der Waals surface area contributed by atoms with Crippen LogP contribution in [0.3, 0.4) is 0 Å². The van der Waals surface area contributed by atoms with Gasteiger partial charge in [-0.05, 0) is 19.8 Å². The molecular weight excluding hydrogens is 254 g/mol. The number of nitrogens with two attached hydrogens (primary N) is 1. The van der Waals surface area contributed by atoms with E-state index < -0.39 is 36.5 Å². The predicted octanol–water partition coefficient (Wildman–Crippen LogP) is -1.27. The molecule has 2 unspecified atom stereocenters. The molecule has 1 fully saturated rings. The van der Waals surface area contributed by atoms with Crippen LogP contribution in [0.1, 0.15) is 19.8 Å². The van der Waals surface area contributed by atoms with Crippen molar-refractivity contribution in [3.8, 4) is 0 Å². The number of urea groups is 1. The number of aliphatic hydroxyl groups excluding tert-OH is 1. The van der Waals surface area contributed by atoms with E-state index in [-0.39, 0.29) is 12.6 Å². The SMILES string of the molecule is CC1CCC(C(N)=O)CN1C(=O)N[C@@H](CO)C(=O)O. The van der Waals surface area contributed by atoms with Gasteiger partial charge in [0.05, 0.1) is 12.5 Å². The first-order valence-corrected chi connectivity index (χ1v) is 6.07. The highest BCUT2D eigenvalue weighted by Gasteiger charge is 2.33. The predicted molar refractivity (Wildman–Crippen MR) is 65.1 cm³/mol. The van der Waals surface area contributed by atoms with Gasteiger partial charge in [-0.3, -0.25) is 4.79 Å². The van der Waals surface area contributed by atoms with Crippen LogP contribution < -0.4 is 11.1 Å². The van der Waals surface area contributed by atoms with E-state index in [9.17, 15) is 14.4 Å². The normalized spacial score (nSPS) is 24.6. The topological polar surface area (TPSA) is 133 Å². The number of amides is 3. The van der Waals surface area contributed by atoms with Crippen LogP contribution in [0.15, 0.2) is 0 Å². The lowest BCUT2D eigenvalue weighted by molar-refractivity contribution is -0.140. The van der Waals surface area contributed by atoms with Crippen molar-refractivity contribution >= 4 is 17.9 Å². The monoisotopic (exact) mass is 273 g/mol. The highest BCUT2D eigenvalue weighted by molar-refractivity contribution is 5.84. The molecular formula is C11H19N3O5. The van der Waals surface area contributed by atoms with E-state index in [2.05, 4.69) is 5.32 Å². The molecule has 1 rings (SSSR count). The number of primary amides is 1. The van der Waals surface area contributed by atoms with Gasteiger partial charge in [-0.2, -0.15) is 0 Å². The van der Waals surface area contributed by atoms with Crippen molar-refractivity contribution < 1.29 is 24.6 Å². The van der Waals surface area contributed by atoms with E-state index in [1.807, 2.05) is 6.92 Å². The van der Waals surface area contributed by atoms with Crippen molar-refractivity contribution in [3.05, 3.63) is 0 Å². The molecule has 1 aliphatic heterocycles. The summed E-state index contributed by atoms with van der Waals surface area (Å²) in [4.78, 5) is 35.2. The van der Waals surface area contributed by atoms with E-state index >= 15 is 0 Å². The second-order valence-electron chi connectivity index (χ2n) is 4.70. The van der Waals surface area contributed by atoms with E-state index in [4.69, 9.17) is 15.9 Å². The standard InChI is InChI=1S/C11H19N3O5/c1-6-2-3-7(9(12)16)4-14(6)11(19)13-8(5-15)10(17)18/h6-8,15H,2-5H2,1H3,(H2,12,16)(H,13,19)(H,17,18)/t6?,7?,8-/m0/s1. The van der Waals surface area contributed by atoms with Gasteiger partial charge in [0.1, 0.15) is 0 Å². The zero-order valence-electron chi connectivity index (χ0n) is 10.7. The molecule has 0 aliphatic carbocycles. The van der Waals surface area contributed by atoms with Crippen molar-refractivity contribution in [2.75, 3.05) is 13.2 Å². The third kappa shape index (κ3) is 3.82. The lowest BCUT2D eigenvalue weighted by atomic mass is 9.93. The summed E-state index contributed by atoms with van der Waals surface area (Å²) >= 11 is 0. The van der Waals surface area contributed by atoms with Gasteiger partial charge in [-0.15, -0.1) is 0 Å². The van der Waals surface area contributed by atoms with Crippen LogP contribution in [0.25, 0.3) is 0 Å². The Balaban J connectivity index is 2.68. The third-order valence-electron chi connectivity index (χ3n) is 3.32. The van der Waals surface area contributed by atoms with Crippen molar-refractivity contribution in [2.24, 2.45) is 11.7 Å². The average Bonchev–Trinajstić information content (AvgIpc) is 2.35. The molecule has 1 saturated heterocycles. The largest absolute Gasteiger partial charge is 0.480 e. The van der Waals surface area contributed by atoms with Gasteiger partial charge >= 0.3 is 12.0 Å². The van der Waals surface area contributed by atoms with Crippen LogP contribution in [0, 0.1) is 5.92 Å². The molecule has 3 atom stereocenters. The molecule has 8 heteroatoms. The van der Waals surface area contributed by atoms with Crippen LogP contribution in [-0.2, 0) is 9.59 Å². The highest BCUT2D eigenvalue weighted by atomic mass is 16.4. The summed E-state index contributed by atoms with van der Waals surface area (Å²) in [6.45, 7) is 1.29. The number of rotatable bonds is 4. The first-order valence-electron chi connectivity index (χ1n) is 6.07. The van der Waals surface area contributed by atoms with E-state index in [0.717, 1.165) is 0 Å². The van der Waals surface area contributed by atoms with Crippen LogP contribution in [-0.4, -0.2) is 58.3 Å². The van der Waals surface area contributed by atoms with Crippen LogP contribution in [0.4, 0.5) is 4.79 Å². The lowest BCUT2D eigenvalue weighted by Gasteiger charge is -2.37.